The first-order chi connectivity index (χ1) is 5.01. The van der Waals surface area contributed by atoms with Gasteiger partial charge in [-0.15, -0.1) is 11.6 Å². The molecule has 0 saturated heterocycles. The molecular formula is C6H6BrClO3. The molecule has 0 radical (unpaired) electrons. The summed E-state index contributed by atoms with van der Waals surface area (Å²) in [5.41, 5.74) is 0.355. The number of ether oxygens (including phenoxy) is 1. The number of carbonyl (C=O) groups excluding carboxylic acids is 1. The van der Waals surface area contributed by atoms with Crippen molar-refractivity contribution in [1.29, 1.82) is 0 Å². The lowest BCUT2D eigenvalue weighted by atomic mass is 10.2. The van der Waals surface area contributed by atoms with Gasteiger partial charge in [-0.25, -0.2) is 4.79 Å². The van der Waals surface area contributed by atoms with Crippen molar-refractivity contribution in [3.8, 4) is 0 Å². The van der Waals surface area contributed by atoms with Gasteiger partial charge in [0.15, 0.2) is 0 Å². The summed E-state index contributed by atoms with van der Waals surface area (Å²) in [6, 6.07) is 0. The summed E-state index contributed by atoms with van der Waals surface area (Å²) in [5.74, 6) is -2.36. The van der Waals surface area contributed by atoms with Gasteiger partial charge in [0.05, 0.1) is 15.9 Å². The van der Waals surface area contributed by atoms with Gasteiger partial charge >= 0.3 is 5.97 Å². The zero-order chi connectivity index (χ0) is 8.65. The molecule has 1 heterocycles. The average Bonchev–Trinajstić information content (AvgIpc) is 2.17. The number of aliphatic hydroxyl groups is 1. The molecular weight excluding hydrogens is 235 g/mol. The summed E-state index contributed by atoms with van der Waals surface area (Å²) in [7, 11) is 0. The summed E-state index contributed by atoms with van der Waals surface area (Å²) in [4.78, 5) is 10.8. The fraction of sp³-hybridized carbons (Fsp3) is 0.500. The highest BCUT2D eigenvalue weighted by Crippen LogP contribution is 2.35. The lowest BCUT2D eigenvalue weighted by molar-refractivity contribution is -0.172. The number of halogens is 2. The minimum absolute atomic E-state index is 0.170. The number of rotatable bonds is 1. The van der Waals surface area contributed by atoms with Gasteiger partial charge in [-0.05, 0) is 22.9 Å². The molecule has 0 bridgehead atoms. The highest BCUT2D eigenvalue weighted by molar-refractivity contribution is 9.11. The van der Waals surface area contributed by atoms with E-state index < -0.39 is 11.8 Å². The summed E-state index contributed by atoms with van der Waals surface area (Å²) in [6.07, 6.45) is 0. The topological polar surface area (TPSA) is 46.5 Å². The maximum absolute atomic E-state index is 10.8. The average molecular weight is 241 g/mol. The standard InChI is InChI=1S/C6H6BrClO3/c1-3-4(7)6(10,2-8)11-5(3)9/h10H,2H2,1H3. The van der Waals surface area contributed by atoms with E-state index in [0.717, 1.165) is 0 Å². The van der Waals surface area contributed by atoms with Crippen LogP contribution < -0.4 is 0 Å². The van der Waals surface area contributed by atoms with Crippen LogP contribution in [0.25, 0.3) is 0 Å². The maximum atomic E-state index is 10.8. The Kier molecular flexibility index (Phi) is 2.27. The number of carbonyl (C=O) groups is 1. The number of hydrogen-bond donors (Lipinski definition) is 1. The summed E-state index contributed by atoms with van der Waals surface area (Å²) in [6.45, 7) is 1.55. The Hall–Kier alpha value is -0.0600. The molecule has 1 unspecified atom stereocenters. The number of cyclic esters (lactones) is 1. The van der Waals surface area contributed by atoms with E-state index in [4.69, 9.17) is 11.6 Å². The molecule has 0 spiro atoms. The predicted molar refractivity (Wildman–Crippen MR) is 43.4 cm³/mol. The van der Waals surface area contributed by atoms with Crippen LogP contribution in [-0.2, 0) is 9.53 Å². The van der Waals surface area contributed by atoms with E-state index in [1.807, 2.05) is 0 Å². The van der Waals surface area contributed by atoms with Gasteiger partial charge in [0.1, 0.15) is 0 Å². The van der Waals surface area contributed by atoms with Gasteiger partial charge in [-0.2, -0.15) is 0 Å². The highest BCUT2D eigenvalue weighted by Gasteiger charge is 2.42. The SMILES string of the molecule is CC1=C(Br)C(O)(CCl)OC1=O. The van der Waals surface area contributed by atoms with Gasteiger partial charge in [0, 0.05) is 0 Å². The van der Waals surface area contributed by atoms with Crippen LogP contribution in [0.2, 0.25) is 0 Å². The molecule has 62 valence electrons. The van der Waals surface area contributed by atoms with Crippen molar-refractivity contribution in [1.82, 2.24) is 0 Å². The first-order valence-electron chi connectivity index (χ1n) is 2.90. The van der Waals surface area contributed by atoms with E-state index in [-0.39, 0.29) is 5.88 Å². The lowest BCUT2D eigenvalue weighted by Gasteiger charge is -2.18. The first-order valence-corrected chi connectivity index (χ1v) is 4.22. The predicted octanol–water partition coefficient (Wildman–Crippen LogP) is 1.14. The third-order valence-electron chi connectivity index (χ3n) is 1.42. The summed E-state index contributed by atoms with van der Waals surface area (Å²) in [5, 5.41) is 9.43. The monoisotopic (exact) mass is 240 g/mol. The highest BCUT2D eigenvalue weighted by atomic mass is 79.9. The van der Waals surface area contributed by atoms with Crippen molar-refractivity contribution >= 4 is 33.5 Å². The van der Waals surface area contributed by atoms with Crippen LogP contribution >= 0.6 is 27.5 Å². The van der Waals surface area contributed by atoms with Crippen LogP contribution in [0.1, 0.15) is 6.92 Å². The van der Waals surface area contributed by atoms with E-state index in [2.05, 4.69) is 20.7 Å². The molecule has 11 heavy (non-hydrogen) atoms. The van der Waals surface area contributed by atoms with Crippen molar-refractivity contribution in [2.45, 2.75) is 12.7 Å². The van der Waals surface area contributed by atoms with Gasteiger partial charge in [-0.3, -0.25) is 0 Å². The molecule has 0 aromatic heterocycles. The Morgan fingerprint density at radius 2 is 2.36 bits per heavy atom. The molecule has 1 aliphatic rings. The van der Waals surface area contributed by atoms with E-state index in [1.54, 1.807) is 6.92 Å². The van der Waals surface area contributed by atoms with Gasteiger partial charge in [0.2, 0.25) is 0 Å². The smallest absolute Gasteiger partial charge is 0.337 e. The van der Waals surface area contributed by atoms with Crippen LogP contribution in [0.15, 0.2) is 10.1 Å². The molecule has 0 aromatic rings. The normalized spacial score (nSPS) is 31.1. The van der Waals surface area contributed by atoms with Gasteiger partial charge in [0.25, 0.3) is 5.79 Å². The Labute approximate surface area is 77.1 Å². The minimum Gasteiger partial charge on any atom is -0.423 e. The fourth-order valence-electron chi connectivity index (χ4n) is 0.743. The zero-order valence-corrected chi connectivity index (χ0v) is 8.07. The third-order valence-corrected chi connectivity index (χ3v) is 3.00. The summed E-state index contributed by atoms with van der Waals surface area (Å²) < 4.78 is 4.90. The number of hydrogen-bond acceptors (Lipinski definition) is 3. The van der Waals surface area contributed by atoms with Gasteiger partial charge < -0.3 is 9.84 Å². The zero-order valence-electron chi connectivity index (χ0n) is 5.73. The molecule has 1 aliphatic heterocycles. The molecule has 5 heteroatoms. The Morgan fingerprint density at radius 1 is 1.82 bits per heavy atom. The van der Waals surface area contributed by atoms with Crippen LogP contribution in [0, 0.1) is 0 Å². The van der Waals surface area contributed by atoms with Crippen LogP contribution in [0.3, 0.4) is 0 Å². The number of esters is 1. The Bertz CT molecular complexity index is 238. The lowest BCUT2D eigenvalue weighted by Crippen LogP contribution is -2.31. The maximum Gasteiger partial charge on any atom is 0.337 e. The van der Waals surface area contributed by atoms with Crippen molar-refractivity contribution in [3.05, 3.63) is 10.1 Å². The molecule has 1 N–H and O–H groups in total. The van der Waals surface area contributed by atoms with Crippen molar-refractivity contribution < 1.29 is 14.6 Å². The molecule has 0 amide bonds. The van der Waals surface area contributed by atoms with Gasteiger partial charge in [-0.1, -0.05) is 0 Å². The third kappa shape index (κ3) is 1.30. The summed E-state index contributed by atoms with van der Waals surface area (Å²) >= 11 is 8.41. The molecule has 1 rings (SSSR count). The largest absolute Gasteiger partial charge is 0.423 e. The first kappa shape index (κ1) is 9.03. The van der Waals surface area contributed by atoms with E-state index in [9.17, 15) is 9.90 Å². The molecule has 0 aromatic carbocycles. The molecule has 0 saturated carbocycles. The Morgan fingerprint density at radius 3 is 2.55 bits per heavy atom. The second kappa shape index (κ2) is 2.77. The fourth-order valence-corrected chi connectivity index (χ4v) is 1.48. The molecule has 0 aliphatic carbocycles. The molecule has 3 nitrogen and oxygen atoms in total. The van der Waals surface area contributed by atoms with Crippen molar-refractivity contribution in [3.63, 3.8) is 0 Å². The van der Waals surface area contributed by atoms with Crippen molar-refractivity contribution in [2.75, 3.05) is 5.88 Å². The number of alkyl halides is 1. The molecule has 0 fully saturated rings. The van der Waals surface area contributed by atoms with Crippen molar-refractivity contribution in [2.24, 2.45) is 0 Å². The van der Waals surface area contributed by atoms with Crippen LogP contribution in [-0.4, -0.2) is 22.7 Å². The van der Waals surface area contributed by atoms with E-state index >= 15 is 0 Å². The van der Waals surface area contributed by atoms with Crippen LogP contribution in [0.4, 0.5) is 0 Å². The molecule has 1 atom stereocenters. The van der Waals surface area contributed by atoms with E-state index in [0.29, 0.717) is 10.1 Å². The minimum atomic E-state index is -1.65. The second-order valence-corrected chi connectivity index (χ2v) is 3.31. The second-order valence-electron chi connectivity index (χ2n) is 2.25. The quantitative estimate of drug-likeness (QED) is 0.553. The van der Waals surface area contributed by atoms with E-state index in [1.165, 1.54) is 0 Å². The Balaban J connectivity index is 3.03. The van der Waals surface area contributed by atoms with Crippen LogP contribution in [0.5, 0.6) is 0 Å².